The first-order valence-electron chi connectivity index (χ1n) is 5.15. The molecule has 1 atom stereocenters. The van der Waals surface area contributed by atoms with Crippen molar-refractivity contribution >= 4 is 38.6 Å². The summed E-state index contributed by atoms with van der Waals surface area (Å²) in [5, 5.41) is 8.91. The number of nitrogens with zero attached hydrogens (tertiary/aromatic N) is 1. The Hall–Kier alpha value is -0.230. The molecule has 2 aromatic rings. The molecular weight excluding hydrogens is 304 g/mol. The maximum atomic E-state index is 4.35. The van der Waals surface area contributed by atoms with Crippen LogP contribution in [0.1, 0.15) is 30.0 Å². The van der Waals surface area contributed by atoms with Crippen LogP contribution < -0.4 is 5.32 Å². The van der Waals surface area contributed by atoms with E-state index in [1.54, 1.807) is 22.7 Å². The van der Waals surface area contributed by atoms with Crippen LogP contribution >= 0.6 is 38.6 Å². The van der Waals surface area contributed by atoms with Gasteiger partial charge in [-0.05, 0) is 39.4 Å². The summed E-state index contributed by atoms with van der Waals surface area (Å²) >= 11 is 6.92. The van der Waals surface area contributed by atoms with E-state index in [1.807, 2.05) is 11.6 Å². The van der Waals surface area contributed by atoms with Crippen molar-refractivity contribution in [2.45, 2.75) is 25.9 Å². The number of halogens is 1. The summed E-state index contributed by atoms with van der Waals surface area (Å²) < 4.78 is 1.19. The highest BCUT2D eigenvalue weighted by Crippen LogP contribution is 2.23. The molecule has 1 unspecified atom stereocenters. The first kappa shape index (κ1) is 12.2. The first-order chi connectivity index (χ1) is 7.79. The molecule has 0 bridgehead atoms. The fourth-order valence-electron chi connectivity index (χ4n) is 1.49. The predicted octanol–water partition coefficient (Wildman–Crippen LogP) is 4.21. The molecule has 0 spiro atoms. The molecule has 0 aliphatic carbocycles. The van der Waals surface area contributed by atoms with Crippen molar-refractivity contribution < 1.29 is 0 Å². The molecular formula is C11H13BrN2S2. The molecule has 86 valence electrons. The molecule has 0 aromatic carbocycles. The Morgan fingerprint density at radius 1 is 1.50 bits per heavy atom. The molecule has 0 fully saturated rings. The van der Waals surface area contributed by atoms with Gasteiger partial charge in [0.1, 0.15) is 5.01 Å². The second kappa shape index (κ2) is 5.91. The van der Waals surface area contributed by atoms with Crippen LogP contribution in [0.25, 0.3) is 0 Å². The Morgan fingerprint density at radius 3 is 2.94 bits per heavy atom. The number of thiophene rings is 1. The van der Waals surface area contributed by atoms with Crippen molar-refractivity contribution in [3.05, 3.63) is 37.4 Å². The van der Waals surface area contributed by atoms with E-state index in [2.05, 4.69) is 44.6 Å². The summed E-state index contributed by atoms with van der Waals surface area (Å²) in [6.45, 7) is 3.09. The van der Waals surface area contributed by atoms with Crippen LogP contribution in [0, 0.1) is 0 Å². The highest BCUT2D eigenvalue weighted by Gasteiger charge is 2.11. The van der Waals surface area contributed by atoms with Gasteiger partial charge in [0, 0.05) is 18.1 Å². The van der Waals surface area contributed by atoms with E-state index in [0.29, 0.717) is 6.04 Å². The van der Waals surface area contributed by atoms with Crippen molar-refractivity contribution in [3.63, 3.8) is 0 Å². The van der Waals surface area contributed by atoms with Gasteiger partial charge in [0.25, 0.3) is 0 Å². The molecule has 2 heterocycles. The SMILES string of the molecule is CCC(NCc1csc(Br)c1)c1nccs1. The minimum absolute atomic E-state index is 0.374. The molecule has 1 N–H and O–H groups in total. The second-order valence-corrected chi connectivity index (χ2v) is 6.69. The zero-order chi connectivity index (χ0) is 11.4. The number of rotatable bonds is 5. The highest BCUT2D eigenvalue weighted by molar-refractivity contribution is 9.11. The quantitative estimate of drug-likeness (QED) is 0.893. The fourth-order valence-corrected chi connectivity index (χ4v) is 3.50. The van der Waals surface area contributed by atoms with Crippen LogP contribution in [-0.2, 0) is 6.54 Å². The summed E-state index contributed by atoms with van der Waals surface area (Å²) in [6.07, 6.45) is 2.93. The van der Waals surface area contributed by atoms with E-state index in [4.69, 9.17) is 0 Å². The number of hydrogen-bond donors (Lipinski definition) is 1. The maximum absolute atomic E-state index is 4.35. The molecule has 2 rings (SSSR count). The maximum Gasteiger partial charge on any atom is 0.109 e. The lowest BCUT2D eigenvalue weighted by molar-refractivity contribution is 0.517. The average Bonchev–Trinajstić information content (AvgIpc) is 2.91. The summed E-state index contributed by atoms with van der Waals surface area (Å²) in [6, 6.07) is 2.53. The lowest BCUT2D eigenvalue weighted by atomic mass is 10.2. The summed E-state index contributed by atoms with van der Waals surface area (Å²) in [5.74, 6) is 0. The van der Waals surface area contributed by atoms with Gasteiger partial charge >= 0.3 is 0 Å². The van der Waals surface area contributed by atoms with Gasteiger partial charge in [0.2, 0.25) is 0 Å². The largest absolute Gasteiger partial charge is 0.304 e. The molecule has 0 aliphatic heterocycles. The minimum Gasteiger partial charge on any atom is -0.304 e. The molecule has 0 saturated carbocycles. The van der Waals surface area contributed by atoms with E-state index in [0.717, 1.165) is 13.0 Å². The van der Waals surface area contributed by atoms with Crippen LogP contribution in [0.3, 0.4) is 0 Å². The van der Waals surface area contributed by atoms with Crippen LogP contribution in [-0.4, -0.2) is 4.98 Å². The molecule has 0 radical (unpaired) electrons. The number of thiazole rings is 1. The van der Waals surface area contributed by atoms with Gasteiger partial charge in [-0.1, -0.05) is 6.92 Å². The number of hydrogen-bond acceptors (Lipinski definition) is 4. The summed E-state index contributed by atoms with van der Waals surface area (Å²) in [5.41, 5.74) is 1.33. The molecule has 0 aliphatic rings. The Bertz CT molecular complexity index is 425. The van der Waals surface area contributed by atoms with Crippen LogP contribution in [0.4, 0.5) is 0 Å². The fraction of sp³-hybridized carbons (Fsp3) is 0.364. The normalized spacial score (nSPS) is 12.9. The van der Waals surface area contributed by atoms with E-state index < -0.39 is 0 Å². The van der Waals surface area contributed by atoms with E-state index in [9.17, 15) is 0 Å². The smallest absolute Gasteiger partial charge is 0.109 e. The number of nitrogens with one attached hydrogen (secondary N) is 1. The minimum atomic E-state index is 0.374. The lowest BCUT2D eigenvalue weighted by Crippen LogP contribution is -2.19. The highest BCUT2D eigenvalue weighted by atomic mass is 79.9. The number of aromatic nitrogens is 1. The zero-order valence-electron chi connectivity index (χ0n) is 8.94. The monoisotopic (exact) mass is 316 g/mol. The van der Waals surface area contributed by atoms with E-state index in [1.165, 1.54) is 14.4 Å². The van der Waals surface area contributed by atoms with Gasteiger partial charge in [-0.25, -0.2) is 4.98 Å². The topological polar surface area (TPSA) is 24.9 Å². The first-order valence-corrected chi connectivity index (χ1v) is 7.70. The van der Waals surface area contributed by atoms with Gasteiger partial charge in [0.05, 0.1) is 9.83 Å². The predicted molar refractivity (Wildman–Crippen MR) is 74.0 cm³/mol. The van der Waals surface area contributed by atoms with Gasteiger partial charge in [0.15, 0.2) is 0 Å². The standard InChI is InChI=1S/C11H13BrN2S2/c1-2-9(11-13-3-4-15-11)14-6-8-5-10(12)16-7-8/h3-5,7,9,14H,2,6H2,1H3. The molecule has 2 nitrogen and oxygen atoms in total. The van der Waals surface area contributed by atoms with Gasteiger partial charge in [-0.2, -0.15) is 0 Å². The van der Waals surface area contributed by atoms with Gasteiger partial charge in [-0.3, -0.25) is 0 Å². The third kappa shape index (κ3) is 3.13. The third-order valence-electron chi connectivity index (χ3n) is 2.33. The molecule has 5 heteroatoms. The van der Waals surface area contributed by atoms with Crippen LogP contribution in [0.2, 0.25) is 0 Å². The molecule has 16 heavy (non-hydrogen) atoms. The van der Waals surface area contributed by atoms with Gasteiger partial charge < -0.3 is 5.32 Å². The Kier molecular flexibility index (Phi) is 4.52. The molecule has 2 aromatic heterocycles. The summed E-state index contributed by atoms with van der Waals surface area (Å²) in [7, 11) is 0. The van der Waals surface area contributed by atoms with E-state index >= 15 is 0 Å². The van der Waals surface area contributed by atoms with E-state index in [-0.39, 0.29) is 0 Å². The van der Waals surface area contributed by atoms with Gasteiger partial charge in [-0.15, -0.1) is 22.7 Å². The second-order valence-electron chi connectivity index (χ2n) is 3.47. The Balaban J connectivity index is 1.93. The lowest BCUT2D eigenvalue weighted by Gasteiger charge is -2.13. The Labute approximate surface area is 112 Å². The Morgan fingerprint density at radius 2 is 2.38 bits per heavy atom. The summed E-state index contributed by atoms with van der Waals surface area (Å²) in [4.78, 5) is 4.35. The van der Waals surface area contributed by atoms with Crippen LogP contribution in [0.15, 0.2) is 26.8 Å². The molecule has 0 saturated heterocycles. The average molecular weight is 317 g/mol. The van der Waals surface area contributed by atoms with Crippen molar-refractivity contribution in [2.24, 2.45) is 0 Å². The van der Waals surface area contributed by atoms with Crippen molar-refractivity contribution in [3.8, 4) is 0 Å². The van der Waals surface area contributed by atoms with Crippen molar-refractivity contribution in [2.75, 3.05) is 0 Å². The molecule has 0 amide bonds. The van der Waals surface area contributed by atoms with Crippen molar-refractivity contribution in [1.29, 1.82) is 0 Å². The van der Waals surface area contributed by atoms with Crippen molar-refractivity contribution in [1.82, 2.24) is 10.3 Å². The van der Waals surface area contributed by atoms with Crippen LogP contribution in [0.5, 0.6) is 0 Å². The third-order valence-corrected chi connectivity index (χ3v) is 4.77. The zero-order valence-corrected chi connectivity index (χ0v) is 12.2.